The van der Waals surface area contributed by atoms with Crippen LogP contribution in [0, 0.1) is 34.5 Å². The SMILES string of the molecule is CC12C=CC(=O)C(O)=C1CCC1C2CCC2(C)C1CC1CN(CCC(F)(F)F)OC12C(=O)CO. The molecule has 5 rings (SSSR count). The van der Waals surface area contributed by atoms with Crippen molar-refractivity contribution in [3.05, 3.63) is 23.5 Å². The molecule has 0 aromatic carbocycles. The predicted octanol–water partition coefficient (Wildman–Crippen LogP) is 3.91. The highest BCUT2D eigenvalue weighted by atomic mass is 19.4. The Morgan fingerprint density at radius 3 is 2.68 bits per heavy atom. The lowest BCUT2D eigenvalue weighted by Gasteiger charge is -2.58. The molecule has 0 spiro atoms. The first-order valence-corrected chi connectivity index (χ1v) is 12.2. The number of nitrogens with zero attached hydrogens (tertiary/aromatic N) is 1. The first-order chi connectivity index (χ1) is 15.9. The van der Waals surface area contributed by atoms with Gasteiger partial charge in [-0.05, 0) is 61.5 Å². The molecule has 7 unspecified atom stereocenters. The Morgan fingerprint density at radius 2 is 2.00 bits per heavy atom. The molecule has 1 heterocycles. The Kier molecular flexibility index (Phi) is 5.40. The lowest BCUT2D eigenvalue weighted by atomic mass is 9.47. The molecular formula is C25H32F3NO5. The zero-order valence-corrected chi connectivity index (χ0v) is 19.5. The van der Waals surface area contributed by atoms with E-state index in [0.717, 1.165) is 18.4 Å². The fraction of sp³-hybridized carbons (Fsp3) is 0.760. The zero-order valence-electron chi connectivity index (χ0n) is 19.5. The smallest absolute Gasteiger partial charge is 0.390 e. The fourth-order valence-electron chi connectivity index (χ4n) is 8.44. The summed E-state index contributed by atoms with van der Waals surface area (Å²) in [5.74, 6) is -0.725. The molecule has 0 aromatic heterocycles. The molecule has 1 saturated heterocycles. The molecule has 6 nitrogen and oxygen atoms in total. The van der Waals surface area contributed by atoms with Crippen LogP contribution in [0.4, 0.5) is 13.2 Å². The molecule has 0 amide bonds. The maximum absolute atomic E-state index is 13.2. The Bertz CT molecular complexity index is 976. The molecule has 34 heavy (non-hydrogen) atoms. The monoisotopic (exact) mass is 483 g/mol. The number of fused-ring (bicyclic) bond motifs is 7. The second kappa shape index (κ2) is 7.64. The number of hydroxylamine groups is 2. The highest BCUT2D eigenvalue weighted by Gasteiger charge is 2.73. The van der Waals surface area contributed by atoms with Gasteiger partial charge in [-0.2, -0.15) is 18.2 Å². The third kappa shape index (κ3) is 3.12. The van der Waals surface area contributed by atoms with Gasteiger partial charge in [-0.3, -0.25) is 14.4 Å². The number of hydrogen-bond donors (Lipinski definition) is 2. The molecule has 5 aliphatic rings. The molecule has 0 radical (unpaired) electrons. The molecule has 2 N–H and O–H groups in total. The Balaban J connectivity index is 1.47. The van der Waals surface area contributed by atoms with Crippen LogP contribution < -0.4 is 0 Å². The first kappa shape index (κ1) is 24.0. The minimum atomic E-state index is -4.32. The maximum atomic E-state index is 13.2. The van der Waals surface area contributed by atoms with Crippen molar-refractivity contribution in [2.75, 3.05) is 19.7 Å². The van der Waals surface area contributed by atoms with Crippen molar-refractivity contribution in [1.82, 2.24) is 5.06 Å². The van der Waals surface area contributed by atoms with Crippen molar-refractivity contribution in [1.29, 1.82) is 0 Å². The van der Waals surface area contributed by atoms with Crippen molar-refractivity contribution < 1.29 is 37.8 Å². The molecule has 0 aromatic rings. The summed E-state index contributed by atoms with van der Waals surface area (Å²) in [6.45, 7) is 3.28. The average Bonchev–Trinajstić information content (AvgIpc) is 3.26. The van der Waals surface area contributed by atoms with E-state index in [-0.39, 0.29) is 48.3 Å². The van der Waals surface area contributed by atoms with Crippen molar-refractivity contribution in [2.45, 2.75) is 64.1 Å². The Morgan fingerprint density at radius 1 is 1.26 bits per heavy atom. The van der Waals surface area contributed by atoms with Gasteiger partial charge in [-0.15, -0.1) is 0 Å². The van der Waals surface area contributed by atoms with Gasteiger partial charge >= 0.3 is 6.18 Å². The minimum absolute atomic E-state index is 0.100. The Labute approximate surface area is 196 Å². The average molecular weight is 484 g/mol. The van der Waals surface area contributed by atoms with Crippen LogP contribution in [0.3, 0.4) is 0 Å². The van der Waals surface area contributed by atoms with E-state index in [9.17, 15) is 33.0 Å². The molecule has 1 aliphatic heterocycles. The number of allylic oxidation sites excluding steroid dienone is 3. The van der Waals surface area contributed by atoms with Crippen LogP contribution in [0.25, 0.3) is 0 Å². The number of aliphatic hydroxyl groups is 2. The number of halogens is 3. The van der Waals surface area contributed by atoms with Crippen molar-refractivity contribution in [3.63, 3.8) is 0 Å². The van der Waals surface area contributed by atoms with E-state index >= 15 is 0 Å². The van der Waals surface area contributed by atoms with Crippen LogP contribution in [0.5, 0.6) is 0 Å². The highest BCUT2D eigenvalue weighted by Crippen LogP contribution is 2.70. The van der Waals surface area contributed by atoms with Crippen LogP contribution >= 0.6 is 0 Å². The number of alkyl halides is 3. The van der Waals surface area contributed by atoms with Crippen LogP contribution in [0.15, 0.2) is 23.5 Å². The summed E-state index contributed by atoms with van der Waals surface area (Å²) >= 11 is 0. The summed E-state index contributed by atoms with van der Waals surface area (Å²) in [6.07, 6.45) is 1.42. The highest BCUT2D eigenvalue weighted by molar-refractivity contribution is 6.04. The predicted molar refractivity (Wildman–Crippen MR) is 115 cm³/mol. The summed E-state index contributed by atoms with van der Waals surface area (Å²) in [7, 11) is 0. The van der Waals surface area contributed by atoms with E-state index in [2.05, 4.69) is 6.92 Å². The lowest BCUT2D eigenvalue weighted by Crippen LogP contribution is -2.60. The number of Topliss-reactive ketones (excluding diaryl/α,β-unsaturated/α-hetero) is 1. The van der Waals surface area contributed by atoms with E-state index in [1.54, 1.807) is 0 Å². The minimum Gasteiger partial charge on any atom is -0.504 e. The summed E-state index contributed by atoms with van der Waals surface area (Å²) in [5, 5.41) is 21.6. The second-order valence-electron chi connectivity index (χ2n) is 11.3. The molecule has 4 fully saturated rings. The molecule has 4 aliphatic carbocycles. The van der Waals surface area contributed by atoms with E-state index < -0.39 is 41.4 Å². The standard InChI is InChI=1S/C25H32F3NO5/c1-22-7-6-19(31)21(33)17(22)4-3-15-16(22)5-8-23(2)18(15)11-14-12-29(10-9-24(26,27)28)34-25(14,23)20(32)13-30/h6-7,14-16,18,30,33H,3-5,8-13H2,1-2H3. The van der Waals surface area contributed by atoms with Crippen LogP contribution in [-0.2, 0) is 14.4 Å². The molecule has 9 heteroatoms. The van der Waals surface area contributed by atoms with Crippen molar-refractivity contribution in [2.24, 2.45) is 34.5 Å². The second-order valence-corrected chi connectivity index (χ2v) is 11.3. The van der Waals surface area contributed by atoms with Gasteiger partial charge in [0.1, 0.15) is 6.61 Å². The van der Waals surface area contributed by atoms with E-state index in [4.69, 9.17) is 4.84 Å². The number of rotatable bonds is 4. The quantitative estimate of drug-likeness (QED) is 0.631. The summed E-state index contributed by atoms with van der Waals surface area (Å²) in [4.78, 5) is 31.5. The Hall–Kier alpha value is -1.71. The normalized spacial score (nSPS) is 44.0. The van der Waals surface area contributed by atoms with Gasteiger partial charge in [0.25, 0.3) is 0 Å². The lowest BCUT2D eigenvalue weighted by molar-refractivity contribution is -0.250. The van der Waals surface area contributed by atoms with Crippen LogP contribution in [-0.4, -0.2) is 58.3 Å². The van der Waals surface area contributed by atoms with Gasteiger partial charge in [0.15, 0.2) is 17.1 Å². The summed E-state index contributed by atoms with van der Waals surface area (Å²) in [6, 6.07) is 0. The third-order valence-electron chi connectivity index (χ3n) is 9.94. The number of hydrogen-bond acceptors (Lipinski definition) is 6. The van der Waals surface area contributed by atoms with E-state index in [0.29, 0.717) is 19.3 Å². The number of carbonyl (C=O) groups excluding carboxylic acids is 2. The summed E-state index contributed by atoms with van der Waals surface area (Å²) in [5.41, 5.74) is -1.58. The molecule has 7 atom stereocenters. The van der Waals surface area contributed by atoms with Crippen molar-refractivity contribution >= 4 is 11.6 Å². The van der Waals surface area contributed by atoms with Gasteiger partial charge in [-0.1, -0.05) is 19.9 Å². The molecule has 0 bridgehead atoms. The third-order valence-corrected chi connectivity index (χ3v) is 9.94. The number of aliphatic hydroxyl groups excluding tert-OH is 2. The van der Waals surface area contributed by atoms with Gasteiger partial charge in [-0.25, -0.2) is 0 Å². The maximum Gasteiger partial charge on any atom is 0.390 e. The van der Waals surface area contributed by atoms with E-state index in [1.807, 2.05) is 13.0 Å². The molecule has 188 valence electrons. The fourth-order valence-corrected chi connectivity index (χ4v) is 8.44. The van der Waals surface area contributed by atoms with E-state index in [1.165, 1.54) is 11.1 Å². The number of carbonyl (C=O) groups is 2. The van der Waals surface area contributed by atoms with Gasteiger partial charge in [0.05, 0.1) is 6.42 Å². The van der Waals surface area contributed by atoms with Gasteiger partial charge < -0.3 is 10.2 Å². The van der Waals surface area contributed by atoms with Gasteiger partial charge in [0.2, 0.25) is 5.78 Å². The van der Waals surface area contributed by atoms with Gasteiger partial charge in [0, 0.05) is 29.8 Å². The zero-order chi connectivity index (χ0) is 24.7. The molecule has 3 saturated carbocycles. The number of ketones is 2. The van der Waals surface area contributed by atoms with Crippen LogP contribution in [0.1, 0.15) is 52.4 Å². The first-order valence-electron chi connectivity index (χ1n) is 12.2. The largest absolute Gasteiger partial charge is 0.504 e. The molecular weight excluding hydrogens is 451 g/mol. The van der Waals surface area contributed by atoms with Crippen LogP contribution in [0.2, 0.25) is 0 Å². The summed E-state index contributed by atoms with van der Waals surface area (Å²) < 4.78 is 38.5. The topological polar surface area (TPSA) is 87.1 Å². The van der Waals surface area contributed by atoms with Crippen molar-refractivity contribution in [3.8, 4) is 0 Å².